The zero-order valence-corrected chi connectivity index (χ0v) is 18.4. The first kappa shape index (κ1) is 22.5. The van der Waals surface area contributed by atoms with E-state index in [0.29, 0.717) is 31.2 Å². The number of rotatable bonds is 11. The van der Waals surface area contributed by atoms with E-state index in [1.807, 2.05) is 39.0 Å². The number of oxazole rings is 1. The zero-order valence-electron chi connectivity index (χ0n) is 18.4. The molecule has 0 unspecified atom stereocenters. The van der Waals surface area contributed by atoms with Gasteiger partial charge in [-0.15, -0.1) is 0 Å². The highest BCUT2D eigenvalue weighted by molar-refractivity contribution is 5.51. The number of hydrogen-bond acceptors (Lipinski definition) is 6. The van der Waals surface area contributed by atoms with Crippen LogP contribution in [0.2, 0.25) is 0 Å². The predicted octanol–water partition coefficient (Wildman–Crippen LogP) is 4.79. The standard InChI is InChI=1S/C24H33N2O4/c1-18(2)30-26(13-14-27)17-20-8-7-11-22(16-20)28-15-12-23-19(3)29-24(25-23)21-9-5-4-6-10-21/h7-8,11,14,18,21H,4-6,9-10,12-13,15,17H2,1-3H3. The van der Waals surface area contributed by atoms with Crippen LogP contribution in [0.3, 0.4) is 0 Å². The molecule has 0 saturated heterocycles. The second-order valence-electron chi connectivity index (χ2n) is 8.17. The van der Waals surface area contributed by atoms with Crippen molar-refractivity contribution in [1.29, 1.82) is 0 Å². The van der Waals surface area contributed by atoms with Crippen molar-refractivity contribution in [3.63, 3.8) is 0 Å². The number of hydrogen-bond donors (Lipinski definition) is 0. The van der Waals surface area contributed by atoms with Gasteiger partial charge in [-0.3, -0.25) is 4.84 Å². The smallest absolute Gasteiger partial charge is 0.197 e. The minimum Gasteiger partial charge on any atom is -0.493 e. The van der Waals surface area contributed by atoms with Crippen molar-refractivity contribution in [2.45, 2.75) is 77.9 Å². The van der Waals surface area contributed by atoms with Crippen LogP contribution in [0.4, 0.5) is 0 Å². The van der Waals surface area contributed by atoms with Gasteiger partial charge in [0.05, 0.1) is 31.5 Å². The van der Waals surface area contributed by atoms with Gasteiger partial charge in [-0.1, -0.05) is 31.4 Å². The van der Waals surface area contributed by atoms with Gasteiger partial charge in [0.25, 0.3) is 0 Å². The molecule has 1 heterocycles. The van der Waals surface area contributed by atoms with Crippen molar-refractivity contribution in [2.24, 2.45) is 0 Å². The number of aromatic nitrogens is 1. The van der Waals surface area contributed by atoms with Crippen molar-refractivity contribution in [3.8, 4) is 5.75 Å². The largest absolute Gasteiger partial charge is 0.493 e. The minimum absolute atomic E-state index is 0.00795. The van der Waals surface area contributed by atoms with Crippen molar-refractivity contribution in [1.82, 2.24) is 10.0 Å². The van der Waals surface area contributed by atoms with Crippen LogP contribution in [0.15, 0.2) is 22.6 Å². The Kier molecular flexibility index (Phi) is 8.46. The first-order chi connectivity index (χ1) is 14.5. The third-order valence-electron chi connectivity index (χ3n) is 5.27. The summed E-state index contributed by atoms with van der Waals surface area (Å²) in [4.78, 5) is 21.3. The van der Waals surface area contributed by atoms with Crippen LogP contribution in [0.1, 0.15) is 74.8 Å². The average molecular weight is 414 g/mol. The monoisotopic (exact) mass is 413 g/mol. The Morgan fingerprint density at radius 2 is 2.10 bits per heavy atom. The Hall–Kier alpha value is -2.18. The van der Waals surface area contributed by atoms with E-state index < -0.39 is 0 Å². The van der Waals surface area contributed by atoms with Gasteiger partial charge in [0, 0.05) is 18.4 Å². The van der Waals surface area contributed by atoms with E-state index in [-0.39, 0.29) is 12.6 Å². The lowest BCUT2D eigenvalue weighted by atomic mass is 9.89. The van der Waals surface area contributed by atoms with E-state index >= 15 is 0 Å². The molecule has 1 aromatic heterocycles. The normalized spacial score (nSPS) is 15.1. The maximum atomic E-state index is 10.9. The van der Waals surface area contributed by atoms with E-state index in [1.165, 1.54) is 32.1 Å². The quantitative estimate of drug-likeness (QED) is 0.390. The number of ether oxygens (including phenoxy) is 1. The molecule has 6 nitrogen and oxygen atoms in total. The summed E-state index contributed by atoms with van der Waals surface area (Å²) >= 11 is 0. The van der Waals surface area contributed by atoms with Crippen LogP contribution >= 0.6 is 0 Å². The number of nitrogens with zero attached hydrogens (tertiary/aromatic N) is 2. The topological polar surface area (TPSA) is 64.8 Å². The first-order valence-electron chi connectivity index (χ1n) is 11.0. The van der Waals surface area contributed by atoms with Gasteiger partial charge in [0.2, 0.25) is 0 Å². The van der Waals surface area contributed by atoms with Gasteiger partial charge in [0.15, 0.2) is 5.89 Å². The summed E-state index contributed by atoms with van der Waals surface area (Å²) in [6.07, 6.45) is 7.76. The molecule has 0 N–H and O–H groups in total. The molecule has 0 aliphatic heterocycles. The molecule has 1 aliphatic rings. The molecule has 2 aromatic rings. The van der Waals surface area contributed by atoms with E-state index in [1.54, 1.807) is 5.06 Å². The zero-order chi connectivity index (χ0) is 21.3. The highest BCUT2D eigenvalue weighted by Crippen LogP contribution is 2.33. The highest BCUT2D eigenvalue weighted by atomic mass is 16.7. The highest BCUT2D eigenvalue weighted by Gasteiger charge is 2.22. The molecule has 1 saturated carbocycles. The van der Waals surface area contributed by atoms with Crippen LogP contribution in [-0.4, -0.2) is 35.6 Å². The lowest BCUT2D eigenvalue weighted by Gasteiger charge is -2.22. The van der Waals surface area contributed by atoms with Gasteiger partial charge < -0.3 is 13.9 Å². The molecule has 3 rings (SSSR count). The fourth-order valence-corrected chi connectivity index (χ4v) is 3.85. The molecular formula is C24H33N2O4. The number of benzene rings is 1. The Labute approximate surface area is 179 Å². The molecule has 1 radical (unpaired) electrons. The molecule has 163 valence electrons. The van der Waals surface area contributed by atoms with Crippen molar-refractivity contribution < 1.29 is 18.8 Å². The SMILES string of the molecule is Cc1oc(C2CCCCC2)nc1CCOc1[c]c(CN(CC=O)OC(C)C)ccc1. The summed E-state index contributed by atoms with van der Waals surface area (Å²) in [6.45, 7) is 7.06. The summed E-state index contributed by atoms with van der Waals surface area (Å²) < 4.78 is 11.9. The number of aldehydes is 1. The summed E-state index contributed by atoms with van der Waals surface area (Å²) in [6, 6.07) is 9.03. The van der Waals surface area contributed by atoms with Gasteiger partial charge in [-0.05, 0) is 45.2 Å². The molecular weight excluding hydrogens is 380 g/mol. The Morgan fingerprint density at radius 1 is 1.30 bits per heavy atom. The number of carbonyl (C=O) groups excluding carboxylic acids is 1. The molecule has 1 fully saturated rings. The van der Waals surface area contributed by atoms with Crippen LogP contribution in [0, 0.1) is 13.0 Å². The lowest BCUT2D eigenvalue weighted by molar-refractivity contribution is -0.191. The summed E-state index contributed by atoms with van der Waals surface area (Å²) in [5.41, 5.74) is 1.89. The fraction of sp³-hybridized carbons (Fsp3) is 0.583. The van der Waals surface area contributed by atoms with E-state index in [4.69, 9.17) is 19.0 Å². The molecule has 0 atom stereocenters. The number of carbonyl (C=O) groups is 1. The molecule has 0 spiro atoms. The van der Waals surface area contributed by atoms with Gasteiger partial charge in [-0.25, -0.2) is 4.98 Å². The van der Waals surface area contributed by atoms with E-state index in [2.05, 4.69) is 6.07 Å². The molecule has 0 bridgehead atoms. The van der Waals surface area contributed by atoms with Crippen LogP contribution in [0.25, 0.3) is 0 Å². The van der Waals surface area contributed by atoms with Crippen molar-refractivity contribution >= 4 is 6.29 Å². The fourth-order valence-electron chi connectivity index (χ4n) is 3.85. The first-order valence-corrected chi connectivity index (χ1v) is 11.0. The summed E-state index contributed by atoms with van der Waals surface area (Å²) in [7, 11) is 0. The summed E-state index contributed by atoms with van der Waals surface area (Å²) in [5.74, 6) is 2.94. The number of hydroxylamine groups is 2. The second kappa shape index (κ2) is 11.3. The minimum atomic E-state index is 0.00795. The summed E-state index contributed by atoms with van der Waals surface area (Å²) in [5, 5.41) is 1.64. The number of aryl methyl sites for hydroxylation is 1. The Balaban J connectivity index is 1.53. The predicted molar refractivity (Wildman–Crippen MR) is 114 cm³/mol. The maximum absolute atomic E-state index is 10.9. The maximum Gasteiger partial charge on any atom is 0.197 e. The van der Waals surface area contributed by atoms with Crippen molar-refractivity contribution in [3.05, 3.63) is 47.2 Å². The lowest BCUT2D eigenvalue weighted by Crippen LogP contribution is -2.28. The second-order valence-corrected chi connectivity index (χ2v) is 8.17. The third kappa shape index (κ3) is 6.67. The molecule has 0 amide bonds. The van der Waals surface area contributed by atoms with Gasteiger partial charge in [-0.2, -0.15) is 5.06 Å². The molecule has 1 aromatic carbocycles. The van der Waals surface area contributed by atoms with Crippen LogP contribution < -0.4 is 4.74 Å². The molecule has 30 heavy (non-hydrogen) atoms. The Bertz CT molecular complexity index is 796. The van der Waals surface area contributed by atoms with Crippen LogP contribution in [0.5, 0.6) is 5.75 Å². The van der Waals surface area contributed by atoms with E-state index in [0.717, 1.165) is 29.2 Å². The molecule has 1 aliphatic carbocycles. The van der Waals surface area contributed by atoms with Gasteiger partial charge in [0.1, 0.15) is 17.8 Å². The molecule has 6 heteroatoms. The van der Waals surface area contributed by atoms with Gasteiger partial charge >= 0.3 is 0 Å². The third-order valence-corrected chi connectivity index (χ3v) is 5.27. The van der Waals surface area contributed by atoms with E-state index in [9.17, 15) is 4.79 Å². The average Bonchev–Trinajstić information content (AvgIpc) is 3.09. The van der Waals surface area contributed by atoms with Crippen molar-refractivity contribution in [2.75, 3.05) is 13.2 Å². The Morgan fingerprint density at radius 3 is 2.83 bits per heavy atom. The van der Waals surface area contributed by atoms with Crippen LogP contribution in [-0.2, 0) is 22.6 Å².